The number of aliphatic imine (C=N–C) groups is 2. The highest BCUT2D eigenvalue weighted by Gasteiger charge is 2.00. The van der Waals surface area contributed by atoms with Crippen LogP contribution in [-0.2, 0) is 6.54 Å². The maximum Gasteiger partial charge on any atom is 0.218 e. The molecule has 0 saturated carbocycles. The number of hydrogen-bond acceptors (Lipinski definition) is 1. The van der Waals surface area contributed by atoms with Gasteiger partial charge < -0.3 is 17.2 Å². The molecule has 0 aliphatic carbocycles. The average molecular weight is 244 g/mol. The second-order valence-corrected chi connectivity index (χ2v) is 3.37. The lowest BCUT2D eigenvalue weighted by Crippen LogP contribution is -2.26. The molecule has 5 nitrogen and oxygen atoms in total. The minimum atomic E-state index is -0.480. The Balaban J connectivity index is 2.75. The van der Waals surface area contributed by atoms with E-state index in [9.17, 15) is 4.39 Å². The van der Waals surface area contributed by atoms with E-state index in [-0.39, 0.29) is 23.5 Å². The topological polar surface area (TPSA) is 103 Å². The van der Waals surface area contributed by atoms with Crippen LogP contribution in [0.1, 0.15) is 5.56 Å². The normalized spacial score (nSPS) is 11.2. The molecule has 1 aromatic carbocycles. The zero-order valence-corrected chi connectivity index (χ0v) is 9.08. The molecule has 86 valence electrons. The summed E-state index contributed by atoms with van der Waals surface area (Å²) in [6.45, 7) is 0.225. The SMILES string of the molecule is NC(N)=NC(N)=NCc1ccc(F)c(Cl)c1. The van der Waals surface area contributed by atoms with Crippen LogP contribution < -0.4 is 17.2 Å². The molecule has 6 N–H and O–H groups in total. The summed E-state index contributed by atoms with van der Waals surface area (Å²) in [5.74, 6) is -0.689. The standard InChI is InChI=1S/C9H11ClFN5/c10-6-3-5(1-2-7(6)11)4-15-9(14)16-8(12)13/h1-3H,4H2,(H6,12,13,14,15,16). The van der Waals surface area contributed by atoms with Gasteiger partial charge >= 0.3 is 0 Å². The summed E-state index contributed by atoms with van der Waals surface area (Å²) in [6.07, 6.45) is 0. The molecule has 0 unspecified atom stereocenters. The lowest BCUT2D eigenvalue weighted by molar-refractivity contribution is 0.627. The molecule has 0 radical (unpaired) electrons. The predicted molar refractivity (Wildman–Crippen MR) is 62.5 cm³/mol. The third-order valence-corrected chi connectivity index (χ3v) is 1.94. The van der Waals surface area contributed by atoms with Crippen LogP contribution in [0.25, 0.3) is 0 Å². The molecular weight excluding hydrogens is 233 g/mol. The van der Waals surface area contributed by atoms with Crippen molar-refractivity contribution in [1.82, 2.24) is 0 Å². The van der Waals surface area contributed by atoms with Crippen molar-refractivity contribution in [3.63, 3.8) is 0 Å². The second-order valence-electron chi connectivity index (χ2n) is 2.96. The van der Waals surface area contributed by atoms with Crippen LogP contribution in [0.5, 0.6) is 0 Å². The maximum atomic E-state index is 12.8. The summed E-state index contributed by atoms with van der Waals surface area (Å²) in [7, 11) is 0. The molecule has 0 heterocycles. The molecule has 0 aliphatic heterocycles. The Hall–Kier alpha value is -1.82. The Labute approximate surface area is 96.8 Å². The van der Waals surface area contributed by atoms with E-state index in [1.54, 1.807) is 6.07 Å². The van der Waals surface area contributed by atoms with Gasteiger partial charge in [0.05, 0.1) is 11.6 Å². The summed E-state index contributed by atoms with van der Waals surface area (Å²) < 4.78 is 12.8. The molecular formula is C9H11ClFN5. The molecule has 0 aromatic heterocycles. The smallest absolute Gasteiger partial charge is 0.218 e. The third kappa shape index (κ3) is 3.74. The van der Waals surface area contributed by atoms with Gasteiger partial charge in [-0.05, 0) is 17.7 Å². The monoisotopic (exact) mass is 243 g/mol. The van der Waals surface area contributed by atoms with Crippen LogP contribution >= 0.6 is 11.6 Å². The molecule has 0 amide bonds. The van der Waals surface area contributed by atoms with Crippen LogP contribution in [0.4, 0.5) is 4.39 Å². The van der Waals surface area contributed by atoms with E-state index in [0.717, 1.165) is 0 Å². The van der Waals surface area contributed by atoms with Crippen LogP contribution in [0.15, 0.2) is 28.2 Å². The van der Waals surface area contributed by atoms with Crippen molar-refractivity contribution in [2.45, 2.75) is 6.54 Å². The number of guanidine groups is 2. The van der Waals surface area contributed by atoms with Gasteiger partial charge in [-0.2, -0.15) is 4.99 Å². The Morgan fingerprint density at radius 1 is 1.31 bits per heavy atom. The number of halogens is 2. The third-order valence-electron chi connectivity index (χ3n) is 1.65. The van der Waals surface area contributed by atoms with Gasteiger partial charge in [-0.3, -0.25) is 0 Å². The second kappa shape index (κ2) is 5.32. The van der Waals surface area contributed by atoms with Gasteiger partial charge in [-0.25, -0.2) is 9.38 Å². The zero-order chi connectivity index (χ0) is 12.1. The van der Waals surface area contributed by atoms with Gasteiger partial charge in [0.2, 0.25) is 5.96 Å². The van der Waals surface area contributed by atoms with Gasteiger partial charge in [0.25, 0.3) is 0 Å². The van der Waals surface area contributed by atoms with E-state index < -0.39 is 5.82 Å². The van der Waals surface area contributed by atoms with E-state index in [2.05, 4.69) is 9.98 Å². The molecule has 0 fully saturated rings. The van der Waals surface area contributed by atoms with Crippen molar-refractivity contribution >= 4 is 23.5 Å². The van der Waals surface area contributed by atoms with Crippen LogP contribution in [0, 0.1) is 5.82 Å². The lowest BCUT2D eigenvalue weighted by Gasteiger charge is -1.99. The average Bonchev–Trinajstić information content (AvgIpc) is 2.19. The first-order valence-electron chi connectivity index (χ1n) is 4.32. The van der Waals surface area contributed by atoms with Crippen LogP contribution in [0.3, 0.4) is 0 Å². The largest absolute Gasteiger partial charge is 0.370 e. The maximum absolute atomic E-state index is 12.8. The highest BCUT2D eigenvalue weighted by Crippen LogP contribution is 2.16. The van der Waals surface area contributed by atoms with Crippen molar-refractivity contribution in [3.8, 4) is 0 Å². The molecule has 1 aromatic rings. The number of benzene rings is 1. The number of nitrogens with zero attached hydrogens (tertiary/aromatic N) is 2. The fraction of sp³-hybridized carbons (Fsp3) is 0.111. The zero-order valence-electron chi connectivity index (χ0n) is 8.32. The quantitative estimate of drug-likeness (QED) is 0.522. The minimum absolute atomic E-state index is 0.0353. The molecule has 16 heavy (non-hydrogen) atoms. The van der Waals surface area contributed by atoms with Crippen LogP contribution in [-0.4, -0.2) is 11.9 Å². The highest BCUT2D eigenvalue weighted by molar-refractivity contribution is 6.30. The van der Waals surface area contributed by atoms with Gasteiger partial charge in [-0.15, -0.1) is 0 Å². The summed E-state index contributed by atoms with van der Waals surface area (Å²) in [4.78, 5) is 7.40. The molecule has 0 bridgehead atoms. The fourth-order valence-electron chi connectivity index (χ4n) is 0.978. The molecule has 0 aliphatic rings. The summed E-state index contributed by atoms with van der Waals surface area (Å²) in [5, 5.41) is 0.0353. The number of rotatable bonds is 2. The van der Waals surface area contributed by atoms with Crippen molar-refractivity contribution in [2.75, 3.05) is 0 Å². The highest BCUT2D eigenvalue weighted by atomic mass is 35.5. The summed E-state index contributed by atoms with van der Waals surface area (Å²) in [5.41, 5.74) is 16.3. The van der Waals surface area contributed by atoms with E-state index in [4.69, 9.17) is 28.8 Å². The van der Waals surface area contributed by atoms with Crippen molar-refractivity contribution in [1.29, 1.82) is 0 Å². The molecule has 0 atom stereocenters. The van der Waals surface area contributed by atoms with Gasteiger partial charge in [0.1, 0.15) is 5.82 Å². The van der Waals surface area contributed by atoms with Gasteiger partial charge in [-0.1, -0.05) is 17.7 Å². The van der Waals surface area contributed by atoms with Gasteiger partial charge in [0.15, 0.2) is 5.96 Å². The Kier molecular flexibility index (Phi) is 4.07. The molecule has 0 saturated heterocycles. The van der Waals surface area contributed by atoms with E-state index in [0.29, 0.717) is 5.56 Å². The first-order valence-corrected chi connectivity index (χ1v) is 4.70. The predicted octanol–water partition coefficient (Wildman–Crippen LogP) is 0.567. The summed E-state index contributed by atoms with van der Waals surface area (Å²) in [6, 6.07) is 4.26. The van der Waals surface area contributed by atoms with Crippen molar-refractivity contribution in [2.24, 2.45) is 27.2 Å². The van der Waals surface area contributed by atoms with Crippen molar-refractivity contribution < 1.29 is 4.39 Å². The minimum Gasteiger partial charge on any atom is -0.370 e. The van der Waals surface area contributed by atoms with E-state index in [1.165, 1.54) is 12.1 Å². The first-order chi connectivity index (χ1) is 7.49. The lowest BCUT2D eigenvalue weighted by atomic mass is 10.2. The fourth-order valence-corrected chi connectivity index (χ4v) is 1.18. The molecule has 1 rings (SSSR count). The Morgan fingerprint density at radius 2 is 2.00 bits per heavy atom. The van der Waals surface area contributed by atoms with Crippen molar-refractivity contribution in [3.05, 3.63) is 34.6 Å². The molecule has 0 spiro atoms. The Morgan fingerprint density at radius 3 is 2.56 bits per heavy atom. The summed E-state index contributed by atoms with van der Waals surface area (Å²) >= 11 is 5.59. The Bertz CT molecular complexity index is 440. The number of nitrogens with two attached hydrogens (primary N) is 3. The van der Waals surface area contributed by atoms with E-state index in [1.807, 2.05) is 0 Å². The first kappa shape index (κ1) is 12.3. The number of hydrogen-bond donors (Lipinski definition) is 3. The van der Waals surface area contributed by atoms with Gasteiger partial charge in [0, 0.05) is 0 Å². The van der Waals surface area contributed by atoms with E-state index >= 15 is 0 Å². The van der Waals surface area contributed by atoms with Crippen LogP contribution in [0.2, 0.25) is 5.02 Å². The molecule has 7 heteroatoms.